The Morgan fingerprint density at radius 3 is 2.49 bits per heavy atom. The van der Waals surface area contributed by atoms with Crippen molar-refractivity contribution < 1.29 is 27.9 Å². The first kappa shape index (κ1) is 23.1. The predicted octanol–water partition coefficient (Wildman–Crippen LogP) is 3.70. The fourth-order valence-electron chi connectivity index (χ4n) is 5.45. The number of aliphatic hydroxyl groups is 1. The summed E-state index contributed by atoms with van der Waals surface area (Å²) in [6, 6.07) is 16.1. The van der Waals surface area contributed by atoms with Gasteiger partial charge in [0.25, 0.3) is 11.8 Å². The molecule has 2 aliphatic rings. The number of rotatable bonds is 5. The zero-order valence-electron chi connectivity index (χ0n) is 19.4. The Labute approximate surface area is 209 Å². The third-order valence-electron chi connectivity index (χ3n) is 7.02. The number of anilines is 1. The van der Waals surface area contributed by atoms with E-state index in [0.717, 1.165) is 12.1 Å². The molecule has 0 aliphatic carbocycles. The fourth-order valence-corrected chi connectivity index (χ4v) is 5.45. The van der Waals surface area contributed by atoms with E-state index in [1.165, 1.54) is 28.0 Å². The predicted molar refractivity (Wildman–Crippen MR) is 130 cm³/mol. The second-order valence-electron chi connectivity index (χ2n) is 9.02. The van der Waals surface area contributed by atoms with Gasteiger partial charge in [-0.15, -0.1) is 0 Å². The molecule has 1 unspecified atom stereocenters. The molecule has 3 heterocycles. The minimum absolute atomic E-state index is 0.0135. The molecule has 7 nitrogen and oxygen atoms in total. The molecule has 2 aliphatic heterocycles. The summed E-state index contributed by atoms with van der Waals surface area (Å²) in [7, 11) is 0. The third kappa shape index (κ3) is 3.10. The van der Waals surface area contributed by atoms with Gasteiger partial charge in [-0.3, -0.25) is 14.4 Å². The summed E-state index contributed by atoms with van der Waals surface area (Å²) in [6.07, 6.45) is 0.132. The number of hydrogen-bond acceptors (Lipinski definition) is 5. The Balaban J connectivity index is 1.66. The van der Waals surface area contributed by atoms with Crippen molar-refractivity contribution in [2.45, 2.75) is 18.5 Å². The van der Waals surface area contributed by atoms with Crippen LogP contribution in [-0.4, -0.2) is 35.0 Å². The number of amides is 2. The largest absolute Gasteiger partial charge is 0.450 e. The van der Waals surface area contributed by atoms with Crippen molar-refractivity contribution in [1.82, 2.24) is 4.90 Å². The summed E-state index contributed by atoms with van der Waals surface area (Å²) in [5.41, 5.74) is -1.80. The van der Waals surface area contributed by atoms with Crippen LogP contribution in [0.5, 0.6) is 0 Å². The molecule has 0 bridgehead atoms. The van der Waals surface area contributed by atoms with Crippen LogP contribution in [0.1, 0.15) is 33.7 Å². The zero-order valence-corrected chi connectivity index (χ0v) is 19.4. The monoisotopic (exact) mass is 502 g/mol. The summed E-state index contributed by atoms with van der Waals surface area (Å²) in [6.45, 7) is -0.466. The minimum atomic E-state index is -1.91. The average Bonchev–Trinajstić information content (AvgIpc) is 3.29. The molecule has 0 saturated heterocycles. The van der Waals surface area contributed by atoms with E-state index < -0.39 is 34.4 Å². The Kier molecular flexibility index (Phi) is 5.20. The number of para-hydroxylation sites is 1. The van der Waals surface area contributed by atoms with Gasteiger partial charge in [0.1, 0.15) is 17.2 Å². The van der Waals surface area contributed by atoms with Crippen LogP contribution in [0.25, 0.3) is 11.0 Å². The smallest absolute Gasteiger partial charge is 0.291 e. The van der Waals surface area contributed by atoms with Crippen LogP contribution in [0.15, 0.2) is 75.9 Å². The van der Waals surface area contributed by atoms with Crippen LogP contribution < -0.4 is 10.3 Å². The molecule has 1 aromatic heterocycles. The van der Waals surface area contributed by atoms with Crippen molar-refractivity contribution >= 4 is 28.5 Å². The lowest BCUT2D eigenvalue weighted by Gasteiger charge is -2.34. The van der Waals surface area contributed by atoms with Crippen molar-refractivity contribution in [1.29, 1.82) is 0 Å². The molecule has 0 fully saturated rings. The van der Waals surface area contributed by atoms with Crippen LogP contribution in [-0.2, 0) is 16.9 Å². The van der Waals surface area contributed by atoms with E-state index in [1.54, 1.807) is 36.4 Å². The van der Waals surface area contributed by atoms with Crippen molar-refractivity contribution in [2.24, 2.45) is 0 Å². The molecular weight excluding hydrogens is 482 g/mol. The van der Waals surface area contributed by atoms with Gasteiger partial charge in [0.15, 0.2) is 11.0 Å². The number of benzene rings is 3. The highest BCUT2D eigenvalue weighted by atomic mass is 19.1. The van der Waals surface area contributed by atoms with Crippen LogP contribution in [0.4, 0.5) is 14.5 Å². The molecule has 186 valence electrons. The Morgan fingerprint density at radius 2 is 1.70 bits per heavy atom. The Morgan fingerprint density at radius 1 is 0.946 bits per heavy atom. The highest BCUT2D eigenvalue weighted by Crippen LogP contribution is 2.52. The third-order valence-corrected chi connectivity index (χ3v) is 7.02. The van der Waals surface area contributed by atoms with Gasteiger partial charge in [0.05, 0.1) is 23.2 Å². The molecule has 0 radical (unpaired) electrons. The molecule has 4 aromatic rings. The van der Waals surface area contributed by atoms with Gasteiger partial charge in [-0.2, -0.15) is 0 Å². The van der Waals surface area contributed by atoms with Crippen LogP contribution in [0.3, 0.4) is 0 Å². The molecule has 3 aromatic carbocycles. The first-order valence-corrected chi connectivity index (χ1v) is 11.7. The van der Waals surface area contributed by atoms with Gasteiger partial charge in [0, 0.05) is 24.3 Å². The topological polar surface area (TPSA) is 91.1 Å². The zero-order chi connectivity index (χ0) is 25.9. The van der Waals surface area contributed by atoms with Crippen molar-refractivity contribution in [3.63, 3.8) is 0 Å². The van der Waals surface area contributed by atoms with Crippen LogP contribution >= 0.6 is 0 Å². The molecule has 6 rings (SSSR count). The van der Waals surface area contributed by atoms with Crippen molar-refractivity contribution in [3.8, 4) is 0 Å². The Bertz CT molecular complexity index is 1670. The summed E-state index contributed by atoms with van der Waals surface area (Å²) in [4.78, 5) is 44.6. The standard InChI is InChI=1S/C28H20F2N2O5/c29-17-10-11-22-18(14-17)24(34)23-25(37-22)26(35)32(12-5-13-33)28(23)19-7-2-4-9-21(19)31(27(28)36)15-16-6-1-3-8-20(16)30/h1-4,6-11,14,33H,5,12-13,15H2. The number of fused-ring (bicyclic) bond motifs is 5. The molecule has 9 heteroatoms. The van der Waals surface area contributed by atoms with Gasteiger partial charge in [-0.1, -0.05) is 36.4 Å². The molecule has 2 amide bonds. The number of carbonyl (C=O) groups excluding carboxylic acids is 2. The second kappa shape index (κ2) is 8.35. The second-order valence-corrected chi connectivity index (χ2v) is 9.02. The van der Waals surface area contributed by atoms with Gasteiger partial charge in [-0.05, 0) is 36.8 Å². The lowest BCUT2D eigenvalue weighted by atomic mass is 9.84. The van der Waals surface area contributed by atoms with Gasteiger partial charge in [-0.25, -0.2) is 8.78 Å². The first-order chi connectivity index (χ1) is 17.9. The average molecular weight is 502 g/mol. The summed E-state index contributed by atoms with van der Waals surface area (Å²) in [5.74, 6) is -2.81. The number of carbonyl (C=O) groups is 2. The highest BCUT2D eigenvalue weighted by Gasteiger charge is 2.64. The van der Waals surface area contributed by atoms with Crippen LogP contribution in [0.2, 0.25) is 0 Å². The number of aliphatic hydroxyl groups excluding tert-OH is 1. The Hall–Kier alpha value is -4.37. The normalized spacial score (nSPS) is 18.2. The summed E-state index contributed by atoms with van der Waals surface area (Å²) >= 11 is 0. The number of nitrogens with zero attached hydrogens (tertiary/aromatic N) is 2. The molecule has 1 atom stereocenters. The highest BCUT2D eigenvalue weighted by molar-refractivity contribution is 6.17. The fraction of sp³-hybridized carbons (Fsp3) is 0.179. The summed E-state index contributed by atoms with van der Waals surface area (Å²) < 4.78 is 34.6. The SMILES string of the molecule is O=C1c2oc3ccc(F)cc3c(=O)c2C2(C(=O)N(Cc3ccccc3F)c3ccccc32)N1CCCO. The number of hydrogen-bond donors (Lipinski definition) is 1. The maximum atomic E-state index is 14.6. The van der Waals surface area contributed by atoms with Gasteiger partial charge in [0.2, 0.25) is 5.76 Å². The molecule has 37 heavy (non-hydrogen) atoms. The van der Waals surface area contributed by atoms with Gasteiger partial charge >= 0.3 is 0 Å². The van der Waals surface area contributed by atoms with E-state index >= 15 is 0 Å². The van der Waals surface area contributed by atoms with E-state index in [2.05, 4.69) is 0 Å². The van der Waals surface area contributed by atoms with E-state index in [0.29, 0.717) is 11.3 Å². The van der Waals surface area contributed by atoms with Gasteiger partial charge < -0.3 is 19.3 Å². The molecule has 1 spiro atoms. The first-order valence-electron chi connectivity index (χ1n) is 11.7. The van der Waals surface area contributed by atoms with Crippen LogP contribution in [0, 0.1) is 11.6 Å². The summed E-state index contributed by atoms with van der Waals surface area (Å²) in [5, 5.41) is 9.43. The number of halogens is 2. The van der Waals surface area contributed by atoms with E-state index in [4.69, 9.17) is 4.42 Å². The van der Waals surface area contributed by atoms with E-state index in [1.807, 2.05) is 0 Å². The van der Waals surface area contributed by atoms with E-state index in [9.17, 15) is 28.3 Å². The molecule has 1 N–H and O–H groups in total. The maximum Gasteiger partial charge on any atom is 0.291 e. The van der Waals surface area contributed by atoms with E-state index in [-0.39, 0.29) is 54.0 Å². The quantitative estimate of drug-likeness (QED) is 0.450. The molecular formula is C28H20F2N2O5. The minimum Gasteiger partial charge on any atom is -0.450 e. The lowest BCUT2D eigenvalue weighted by molar-refractivity contribution is -0.126. The van der Waals surface area contributed by atoms with Crippen molar-refractivity contribution in [2.75, 3.05) is 18.1 Å². The van der Waals surface area contributed by atoms with Crippen molar-refractivity contribution in [3.05, 3.63) is 111 Å². The maximum absolute atomic E-state index is 14.6. The molecule has 0 saturated carbocycles. The lowest BCUT2D eigenvalue weighted by Crippen LogP contribution is -2.53.